The zero-order chi connectivity index (χ0) is 14.2. The molecule has 1 aromatic heterocycles. The van der Waals surface area contributed by atoms with Crippen molar-refractivity contribution in [1.82, 2.24) is 9.78 Å². The van der Waals surface area contributed by atoms with E-state index in [1.807, 2.05) is 0 Å². The molecule has 2 aromatic rings. The number of nitrogens with zero attached hydrogens (tertiary/aromatic N) is 2. The van der Waals surface area contributed by atoms with Gasteiger partial charge in [0.25, 0.3) is 10.0 Å². The van der Waals surface area contributed by atoms with E-state index >= 15 is 0 Å². The van der Waals surface area contributed by atoms with Gasteiger partial charge in [-0.2, -0.15) is 5.10 Å². The highest BCUT2D eigenvalue weighted by atomic mass is 32.2. The molecule has 0 unspecified atom stereocenters. The van der Waals surface area contributed by atoms with Crippen molar-refractivity contribution in [3.8, 4) is 0 Å². The maximum atomic E-state index is 13.1. The van der Waals surface area contributed by atoms with Crippen LogP contribution in [0.1, 0.15) is 11.4 Å². The van der Waals surface area contributed by atoms with Crippen LogP contribution in [0.2, 0.25) is 0 Å². The van der Waals surface area contributed by atoms with Gasteiger partial charge in [0.15, 0.2) is 0 Å². The van der Waals surface area contributed by atoms with E-state index in [9.17, 15) is 12.8 Å². The van der Waals surface area contributed by atoms with Crippen molar-refractivity contribution in [2.45, 2.75) is 18.7 Å². The van der Waals surface area contributed by atoms with Gasteiger partial charge in [0.2, 0.25) is 0 Å². The highest BCUT2D eigenvalue weighted by Gasteiger charge is 2.19. The molecule has 0 amide bonds. The number of nitrogens with one attached hydrogen (secondary N) is 1. The zero-order valence-corrected chi connectivity index (χ0v) is 11.6. The van der Waals surface area contributed by atoms with Gasteiger partial charge in [-0.05, 0) is 32.0 Å². The maximum Gasteiger partial charge on any atom is 0.262 e. The van der Waals surface area contributed by atoms with Gasteiger partial charge >= 0.3 is 0 Å². The van der Waals surface area contributed by atoms with Crippen molar-refractivity contribution in [3.05, 3.63) is 41.5 Å². The van der Waals surface area contributed by atoms with Crippen molar-refractivity contribution in [2.24, 2.45) is 7.05 Å². The van der Waals surface area contributed by atoms with Crippen LogP contribution in [0.25, 0.3) is 0 Å². The number of halogens is 1. The predicted molar refractivity (Wildman–Crippen MR) is 69.9 cm³/mol. The Morgan fingerprint density at radius 1 is 1.32 bits per heavy atom. The lowest BCUT2D eigenvalue weighted by atomic mass is 10.3. The summed E-state index contributed by atoms with van der Waals surface area (Å²) >= 11 is 0. The fourth-order valence-electron chi connectivity index (χ4n) is 1.75. The minimum Gasteiger partial charge on any atom is -0.276 e. The van der Waals surface area contributed by atoms with E-state index in [1.54, 1.807) is 25.6 Å². The van der Waals surface area contributed by atoms with Crippen LogP contribution in [-0.2, 0) is 17.1 Å². The summed E-state index contributed by atoms with van der Waals surface area (Å²) in [7, 11) is -2.09. The molecule has 102 valence electrons. The Morgan fingerprint density at radius 2 is 2.00 bits per heavy atom. The van der Waals surface area contributed by atoms with Gasteiger partial charge in [0.1, 0.15) is 5.82 Å². The summed E-state index contributed by atoms with van der Waals surface area (Å²) in [4.78, 5) is -0.116. The molecule has 2 rings (SSSR count). The highest BCUT2D eigenvalue weighted by Crippen LogP contribution is 2.22. The predicted octanol–water partition coefficient (Wildman–Crippen LogP) is 1.98. The molecule has 0 spiro atoms. The van der Waals surface area contributed by atoms with Crippen LogP contribution in [0.4, 0.5) is 10.1 Å². The largest absolute Gasteiger partial charge is 0.276 e. The Hall–Kier alpha value is -1.89. The Morgan fingerprint density at radius 3 is 2.53 bits per heavy atom. The average molecular weight is 283 g/mol. The summed E-state index contributed by atoms with van der Waals surface area (Å²) in [5.74, 6) is -0.595. The first-order valence-corrected chi connectivity index (χ1v) is 7.08. The van der Waals surface area contributed by atoms with E-state index in [1.165, 1.54) is 18.2 Å². The van der Waals surface area contributed by atoms with Gasteiger partial charge in [0.05, 0.1) is 22.0 Å². The number of benzene rings is 1. The van der Waals surface area contributed by atoms with Crippen molar-refractivity contribution >= 4 is 15.7 Å². The summed E-state index contributed by atoms with van der Waals surface area (Å²) in [6, 6.07) is 4.86. The molecule has 1 N–H and O–H groups in total. The topological polar surface area (TPSA) is 64.0 Å². The van der Waals surface area contributed by atoms with E-state index in [0.29, 0.717) is 17.1 Å². The number of aromatic nitrogens is 2. The minimum absolute atomic E-state index is 0.116. The standard InChI is InChI=1S/C12H14FN3O2S/c1-8-12(9(2)16(3)14-8)15-19(17,18)11-6-4-5-10(13)7-11/h4-7,15H,1-3H3. The van der Waals surface area contributed by atoms with Crippen LogP contribution in [0, 0.1) is 19.7 Å². The quantitative estimate of drug-likeness (QED) is 0.936. The third-order valence-electron chi connectivity index (χ3n) is 2.85. The first-order chi connectivity index (χ1) is 8.81. The second kappa shape index (κ2) is 4.65. The molecule has 0 atom stereocenters. The normalized spacial score (nSPS) is 11.6. The van der Waals surface area contributed by atoms with E-state index in [2.05, 4.69) is 9.82 Å². The number of rotatable bonds is 3. The second-order valence-corrected chi connectivity index (χ2v) is 5.91. The molecule has 0 bridgehead atoms. The first kappa shape index (κ1) is 13.5. The Balaban J connectivity index is 2.42. The number of hydrogen-bond donors (Lipinski definition) is 1. The molecule has 5 nitrogen and oxygen atoms in total. The van der Waals surface area contributed by atoms with Crippen LogP contribution in [0.3, 0.4) is 0 Å². The molecule has 1 heterocycles. The number of hydrogen-bond acceptors (Lipinski definition) is 3. The summed E-state index contributed by atoms with van der Waals surface area (Å²) < 4.78 is 41.4. The highest BCUT2D eigenvalue weighted by molar-refractivity contribution is 7.92. The second-order valence-electron chi connectivity index (χ2n) is 4.23. The molecule has 0 radical (unpaired) electrons. The van der Waals surface area contributed by atoms with E-state index in [-0.39, 0.29) is 4.90 Å². The monoisotopic (exact) mass is 283 g/mol. The fourth-order valence-corrected chi connectivity index (χ4v) is 2.96. The summed E-state index contributed by atoms with van der Waals surface area (Å²) in [5, 5.41) is 4.12. The summed E-state index contributed by atoms with van der Waals surface area (Å²) in [6.07, 6.45) is 0. The lowest BCUT2D eigenvalue weighted by molar-refractivity contribution is 0.595. The number of aryl methyl sites for hydroxylation is 2. The third kappa shape index (κ3) is 2.60. The number of sulfonamides is 1. The van der Waals surface area contributed by atoms with Gasteiger partial charge in [-0.1, -0.05) is 6.07 Å². The first-order valence-electron chi connectivity index (χ1n) is 5.60. The maximum absolute atomic E-state index is 13.1. The average Bonchev–Trinajstić information content (AvgIpc) is 2.56. The fraction of sp³-hybridized carbons (Fsp3) is 0.250. The van der Waals surface area contributed by atoms with Gasteiger partial charge in [-0.3, -0.25) is 9.40 Å². The van der Waals surface area contributed by atoms with Crippen molar-refractivity contribution in [2.75, 3.05) is 4.72 Å². The molecule has 1 aromatic carbocycles. The lowest BCUT2D eigenvalue weighted by Gasteiger charge is -2.08. The molecule has 0 saturated heterocycles. The Bertz CT molecular complexity index is 723. The van der Waals surface area contributed by atoms with E-state index in [0.717, 1.165) is 6.07 Å². The van der Waals surface area contributed by atoms with Crippen molar-refractivity contribution in [3.63, 3.8) is 0 Å². The minimum atomic E-state index is -3.81. The van der Waals surface area contributed by atoms with Crippen LogP contribution in [0.15, 0.2) is 29.2 Å². The van der Waals surface area contributed by atoms with Crippen molar-refractivity contribution < 1.29 is 12.8 Å². The molecule has 19 heavy (non-hydrogen) atoms. The molecule has 0 fully saturated rings. The van der Waals surface area contributed by atoms with Crippen LogP contribution < -0.4 is 4.72 Å². The van der Waals surface area contributed by atoms with Gasteiger partial charge in [-0.15, -0.1) is 0 Å². The summed E-state index contributed by atoms with van der Waals surface area (Å²) in [6.45, 7) is 3.46. The van der Waals surface area contributed by atoms with E-state index < -0.39 is 15.8 Å². The Labute approximate surface area is 111 Å². The van der Waals surface area contributed by atoms with Gasteiger partial charge in [0, 0.05) is 7.05 Å². The van der Waals surface area contributed by atoms with Crippen LogP contribution >= 0.6 is 0 Å². The lowest BCUT2D eigenvalue weighted by Crippen LogP contribution is -2.14. The van der Waals surface area contributed by atoms with E-state index in [4.69, 9.17) is 0 Å². The molecular weight excluding hydrogens is 269 g/mol. The van der Waals surface area contributed by atoms with Crippen LogP contribution in [0.5, 0.6) is 0 Å². The third-order valence-corrected chi connectivity index (χ3v) is 4.20. The SMILES string of the molecule is Cc1nn(C)c(C)c1NS(=O)(=O)c1cccc(F)c1. The molecule has 7 heteroatoms. The van der Waals surface area contributed by atoms with Gasteiger partial charge < -0.3 is 0 Å². The van der Waals surface area contributed by atoms with Gasteiger partial charge in [-0.25, -0.2) is 12.8 Å². The number of anilines is 1. The molecule has 0 saturated carbocycles. The summed E-state index contributed by atoms with van der Waals surface area (Å²) in [5.41, 5.74) is 1.68. The van der Waals surface area contributed by atoms with Crippen molar-refractivity contribution in [1.29, 1.82) is 0 Å². The zero-order valence-electron chi connectivity index (χ0n) is 10.8. The van der Waals surface area contributed by atoms with Crippen LogP contribution in [-0.4, -0.2) is 18.2 Å². The molecule has 0 aliphatic carbocycles. The molecular formula is C12H14FN3O2S. The molecule has 0 aliphatic heterocycles. The Kier molecular flexibility index (Phi) is 3.32. The molecule has 0 aliphatic rings. The smallest absolute Gasteiger partial charge is 0.262 e.